The second-order valence-electron chi connectivity index (χ2n) is 6.47. The summed E-state index contributed by atoms with van der Waals surface area (Å²) in [4.78, 5) is 15.2. The van der Waals surface area contributed by atoms with Crippen molar-refractivity contribution in [2.75, 3.05) is 32.8 Å². The Morgan fingerprint density at radius 2 is 1.96 bits per heavy atom. The molecule has 6 nitrogen and oxygen atoms in total. The molecule has 4 rings (SSSR count). The van der Waals surface area contributed by atoms with Gasteiger partial charge in [0.1, 0.15) is 5.52 Å². The Morgan fingerprint density at radius 1 is 1.17 bits per heavy atom. The van der Waals surface area contributed by atoms with Gasteiger partial charge in [-0.25, -0.2) is 4.68 Å². The Bertz CT molecular complexity index is 951. The first-order valence-corrected chi connectivity index (χ1v) is 8.40. The third-order valence-electron chi connectivity index (χ3n) is 4.89. The van der Waals surface area contributed by atoms with Crippen molar-refractivity contribution in [3.63, 3.8) is 0 Å². The highest BCUT2D eigenvalue weighted by Gasteiger charge is 2.15. The van der Waals surface area contributed by atoms with Gasteiger partial charge in [0.2, 0.25) is 0 Å². The minimum Gasteiger partial charge on any atom is -0.379 e. The van der Waals surface area contributed by atoms with E-state index in [-0.39, 0.29) is 5.56 Å². The second-order valence-corrected chi connectivity index (χ2v) is 6.47. The molecule has 24 heavy (non-hydrogen) atoms. The maximum Gasteiger partial charge on any atom is 0.291 e. The van der Waals surface area contributed by atoms with E-state index in [0.29, 0.717) is 6.54 Å². The predicted octanol–water partition coefficient (Wildman–Crippen LogP) is 1.53. The summed E-state index contributed by atoms with van der Waals surface area (Å²) in [5.74, 6) is 0. The van der Waals surface area contributed by atoms with Crippen molar-refractivity contribution in [3.05, 3.63) is 40.3 Å². The molecule has 0 bridgehead atoms. The molecule has 1 aromatic carbocycles. The maximum absolute atomic E-state index is 12.9. The summed E-state index contributed by atoms with van der Waals surface area (Å²) in [5.41, 5.74) is 2.97. The van der Waals surface area contributed by atoms with Gasteiger partial charge in [0.15, 0.2) is 0 Å². The lowest BCUT2D eigenvalue weighted by Crippen LogP contribution is -2.39. The van der Waals surface area contributed by atoms with Gasteiger partial charge in [-0.1, -0.05) is 11.6 Å². The number of fused-ring (bicyclic) bond motifs is 3. The molecule has 2 aromatic heterocycles. The smallest absolute Gasteiger partial charge is 0.291 e. The molecule has 0 N–H and O–H groups in total. The zero-order valence-electron chi connectivity index (χ0n) is 14.2. The summed E-state index contributed by atoms with van der Waals surface area (Å²) in [5, 5.41) is 6.45. The lowest BCUT2D eigenvalue weighted by atomic mass is 10.1. The number of nitrogens with zero attached hydrogens (tertiary/aromatic N) is 4. The number of ether oxygens (including phenoxy) is 1. The van der Waals surface area contributed by atoms with Gasteiger partial charge in [-0.2, -0.15) is 5.10 Å². The molecular weight excluding hydrogens is 304 g/mol. The summed E-state index contributed by atoms with van der Waals surface area (Å²) in [6, 6.07) is 6.27. The van der Waals surface area contributed by atoms with Gasteiger partial charge in [-0.15, -0.1) is 0 Å². The first-order valence-electron chi connectivity index (χ1n) is 8.40. The van der Waals surface area contributed by atoms with E-state index < -0.39 is 0 Å². The van der Waals surface area contributed by atoms with Crippen molar-refractivity contribution in [1.29, 1.82) is 0 Å². The monoisotopic (exact) mass is 326 g/mol. The molecule has 0 saturated carbocycles. The van der Waals surface area contributed by atoms with Gasteiger partial charge in [-0.05, 0) is 19.1 Å². The first-order chi connectivity index (χ1) is 11.6. The minimum absolute atomic E-state index is 0.0166. The van der Waals surface area contributed by atoms with Crippen LogP contribution in [0.3, 0.4) is 0 Å². The van der Waals surface area contributed by atoms with Crippen LogP contribution in [0.5, 0.6) is 0 Å². The Labute approximate surface area is 140 Å². The Kier molecular flexibility index (Phi) is 3.86. The Balaban J connectivity index is 1.73. The van der Waals surface area contributed by atoms with E-state index in [1.54, 1.807) is 4.68 Å². The molecule has 6 heteroatoms. The average Bonchev–Trinajstić information content (AvgIpc) is 2.88. The van der Waals surface area contributed by atoms with E-state index in [4.69, 9.17) is 4.74 Å². The van der Waals surface area contributed by atoms with E-state index in [1.807, 2.05) is 17.8 Å². The molecule has 3 aromatic rings. The van der Waals surface area contributed by atoms with Gasteiger partial charge >= 0.3 is 0 Å². The highest BCUT2D eigenvalue weighted by Crippen LogP contribution is 2.26. The summed E-state index contributed by atoms with van der Waals surface area (Å²) in [6.45, 7) is 6.87. The second kappa shape index (κ2) is 6.03. The van der Waals surface area contributed by atoms with E-state index in [1.165, 1.54) is 5.56 Å². The Hall–Kier alpha value is -2.18. The van der Waals surface area contributed by atoms with Gasteiger partial charge in [0.25, 0.3) is 5.56 Å². The molecule has 1 aliphatic rings. The van der Waals surface area contributed by atoms with Crippen LogP contribution in [0.2, 0.25) is 0 Å². The SMILES string of the molecule is Cc1ccc2c(c1)c1cnn(CCN3CCOCC3)c(=O)c1n2C. The van der Waals surface area contributed by atoms with Gasteiger partial charge < -0.3 is 9.30 Å². The summed E-state index contributed by atoms with van der Waals surface area (Å²) >= 11 is 0. The number of aromatic nitrogens is 3. The summed E-state index contributed by atoms with van der Waals surface area (Å²) in [7, 11) is 1.95. The largest absolute Gasteiger partial charge is 0.379 e. The van der Waals surface area contributed by atoms with Crippen LogP contribution in [0, 0.1) is 6.92 Å². The van der Waals surface area contributed by atoms with Crippen molar-refractivity contribution >= 4 is 21.8 Å². The van der Waals surface area contributed by atoms with E-state index in [0.717, 1.165) is 54.7 Å². The van der Waals surface area contributed by atoms with Crippen LogP contribution in [0.1, 0.15) is 5.56 Å². The van der Waals surface area contributed by atoms with Crippen LogP contribution in [0.25, 0.3) is 21.8 Å². The fraction of sp³-hybridized carbons (Fsp3) is 0.444. The number of aryl methyl sites for hydroxylation is 2. The van der Waals surface area contributed by atoms with Crippen LogP contribution < -0.4 is 5.56 Å². The predicted molar refractivity (Wildman–Crippen MR) is 94.5 cm³/mol. The molecular formula is C18H22N4O2. The topological polar surface area (TPSA) is 52.3 Å². The van der Waals surface area contributed by atoms with Crippen LogP contribution >= 0.6 is 0 Å². The zero-order valence-corrected chi connectivity index (χ0v) is 14.2. The van der Waals surface area contributed by atoms with Gasteiger partial charge in [-0.3, -0.25) is 9.69 Å². The number of rotatable bonds is 3. The van der Waals surface area contributed by atoms with E-state index in [2.05, 4.69) is 35.1 Å². The molecule has 1 fully saturated rings. The molecule has 126 valence electrons. The first kappa shape index (κ1) is 15.4. The van der Waals surface area contributed by atoms with E-state index >= 15 is 0 Å². The lowest BCUT2D eigenvalue weighted by molar-refractivity contribution is 0.0358. The minimum atomic E-state index is -0.0166. The van der Waals surface area contributed by atoms with Crippen molar-refractivity contribution < 1.29 is 4.74 Å². The summed E-state index contributed by atoms with van der Waals surface area (Å²) < 4.78 is 8.94. The van der Waals surface area contributed by atoms with Crippen molar-refractivity contribution in [3.8, 4) is 0 Å². The lowest BCUT2D eigenvalue weighted by Gasteiger charge is -2.26. The molecule has 1 aliphatic heterocycles. The highest BCUT2D eigenvalue weighted by molar-refractivity contribution is 6.07. The van der Waals surface area contributed by atoms with Crippen LogP contribution in [-0.2, 0) is 18.3 Å². The van der Waals surface area contributed by atoms with Crippen LogP contribution in [-0.4, -0.2) is 52.1 Å². The molecule has 0 aliphatic carbocycles. The molecule has 0 unspecified atom stereocenters. The van der Waals surface area contributed by atoms with Gasteiger partial charge in [0, 0.05) is 43.0 Å². The number of morpholine rings is 1. The molecule has 3 heterocycles. The van der Waals surface area contributed by atoms with Crippen molar-refractivity contribution in [2.45, 2.75) is 13.5 Å². The molecule has 0 spiro atoms. The van der Waals surface area contributed by atoms with Crippen LogP contribution in [0.4, 0.5) is 0 Å². The third kappa shape index (κ3) is 2.52. The molecule has 1 saturated heterocycles. The fourth-order valence-electron chi connectivity index (χ4n) is 3.50. The van der Waals surface area contributed by atoms with Crippen molar-refractivity contribution in [1.82, 2.24) is 19.2 Å². The standard InChI is InChI=1S/C18H22N4O2/c1-13-3-4-16-14(11-13)15-12-19-22(18(23)17(15)20(16)2)6-5-21-7-9-24-10-8-21/h3-4,11-12H,5-10H2,1-2H3. The van der Waals surface area contributed by atoms with Crippen molar-refractivity contribution in [2.24, 2.45) is 7.05 Å². The number of hydrogen-bond donors (Lipinski definition) is 0. The maximum atomic E-state index is 12.9. The molecule has 0 amide bonds. The zero-order chi connectivity index (χ0) is 16.7. The Morgan fingerprint density at radius 3 is 2.75 bits per heavy atom. The number of hydrogen-bond acceptors (Lipinski definition) is 4. The van der Waals surface area contributed by atoms with E-state index in [9.17, 15) is 4.79 Å². The fourth-order valence-corrected chi connectivity index (χ4v) is 3.50. The van der Waals surface area contributed by atoms with Gasteiger partial charge in [0.05, 0.1) is 26.0 Å². The number of benzene rings is 1. The van der Waals surface area contributed by atoms with Crippen LogP contribution in [0.15, 0.2) is 29.2 Å². The average molecular weight is 326 g/mol. The molecule has 0 atom stereocenters. The third-order valence-corrected chi connectivity index (χ3v) is 4.89. The summed E-state index contributed by atoms with van der Waals surface area (Å²) in [6.07, 6.45) is 1.83. The molecule has 0 radical (unpaired) electrons. The normalized spacial score (nSPS) is 16.2. The highest BCUT2D eigenvalue weighted by atomic mass is 16.5. The quantitative estimate of drug-likeness (QED) is 0.732.